The van der Waals surface area contributed by atoms with Crippen LogP contribution in [0, 0.1) is 6.92 Å². The van der Waals surface area contributed by atoms with Crippen molar-refractivity contribution in [1.82, 2.24) is 0 Å². The minimum Gasteiger partial charge on any atom is -0.495 e. The topological polar surface area (TPSA) is 47.6 Å². The van der Waals surface area contributed by atoms with Crippen LogP contribution < -0.4 is 10.1 Å². The number of fused-ring (bicyclic) bond motifs is 1. The standard InChI is InChI=1S/C13H17NO3/c1-8-4-5-10(16-2)12-11(8)9(6-7-14-12)13(15)17-3/h4-5,9,14H,6-7H2,1-3H3. The number of rotatable bonds is 2. The molecule has 1 unspecified atom stereocenters. The first-order valence-corrected chi connectivity index (χ1v) is 5.68. The van der Waals surface area contributed by atoms with Crippen LogP contribution in [0.5, 0.6) is 5.75 Å². The minimum absolute atomic E-state index is 0.177. The van der Waals surface area contributed by atoms with Crippen LogP contribution in [0.3, 0.4) is 0 Å². The lowest BCUT2D eigenvalue weighted by Gasteiger charge is -2.28. The Bertz CT molecular complexity index is 443. The van der Waals surface area contributed by atoms with Crippen molar-refractivity contribution in [2.45, 2.75) is 19.3 Å². The van der Waals surface area contributed by atoms with Crippen molar-refractivity contribution in [2.75, 3.05) is 26.1 Å². The Balaban J connectivity index is 2.53. The van der Waals surface area contributed by atoms with Crippen molar-refractivity contribution in [3.05, 3.63) is 23.3 Å². The summed E-state index contributed by atoms with van der Waals surface area (Å²) in [6.07, 6.45) is 0.758. The van der Waals surface area contributed by atoms with Crippen LogP contribution in [0.15, 0.2) is 12.1 Å². The van der Waals surface area contributed by atoms with E-state index in [4.69, 9.17) is 9.47 Å². The van der Waals surface area contributed by atoms with E-state index in [1.54, 1.807) is 7.11 Å². The van der Waals surface area contributed by atoms with Crippen molar-refractivity contribution >= 4 is 11.7 Å². The molecule has 2 rings (SSSR count). The maximum atomic E-state index is 11.8. The number of methoxy groups -OCH3 is 2. The van der Waals surface area contributed by atoms with Gasteiger partial charge in [-0.05, 0) is 30.5 Å². The van der Waals surface area contributed by atoms with Crippen molar-refractivity contribution in [3.63, 3.8) is 0 Å². The van der Waals surface area contributed by atoms with Gasteiger partial charge in [-0.15, -0.1) is 0 Å². The Morgan fingerprint density at radius 2 is 2.18 bits per heavy atom. The fraction of sp³-hybridized carbons (Fsp3) is 0.462. The van der Waals surface area contributed by atoms with Gasteiger partial charge in [0.15, 0.2) is 0 Å². The van der Waals surface area contributed by atoms with Crippen LogP contribution in [0.1, 0.15) is 23.5 Å². The predicted molar refractivity (Wildman–Crippen MR) is 65.6 cm³/mol. The largest absolute Gasteiger partial charge is 0.495 e. The van der Waals surface area contributed by atoms with Gasteiger partial charge in [-0.3, -0.25) is 4.79 Å². The summed E-state index contributed by atoms with van der Waals surface area (Å²) in [6, 6.07) is 3.89. The number of anilines is 1. The van der Waals surface area contributed by atoms with Crippen LogP contribution in [0.4, 0.5) is 5.69 Å². The second kappa shape index (κ2) is 4.65. The molecule has 1 atom stereocenters. The van der Waals surface area contributed by atoms with Crippen molar-refractivity contribution in [2.24, 2.45) is 0 Å². The van der Waals surface area contributed by atoms with Gasteiger partial charge in [-0.1, -0.05) is 6.07 Å². The quantitative estimate of drug-likeness (QED) is 0.797. The van der Waals surface area contributed by atoms with Crippen LogP contribution in [0.2, 0.25) is 0 Å². The highest BCUT2D eigenvalue weighted by Crippen LogP contribution is 2.40. The first-order valence-electron chi connectivity index (χ1n) is 5.68. The molecule has 4 heteroatoms. The van der Waals surface area contributed by atoms with Gasteiger partial charge in [0.1, 0.15) is 5.75 Å². The molecule has 4 nitrogen and oxygen atoms in total. The Morgan fingerprint density at radius 1 is 1.41 bits per heavy atom. The summed E-state index contributed by atoms with van der Waals surface area (Å²) >= 11 is 0. The Labute approximate surface area is 101 Å². The second-order valence-electron chi connectivity index (χ2n) is 4.16. The van der Waals surface area contributed by atoms with E-state index >= 15 is 0 Å². The Morgan fingerprint density at radius 3 is 2.82 bits per heavy atom. The summed E-state index contributed by atoms with van der Waals surface area (Å²) in [6.45, 7) is 2.76. The average molecular weight is 235 g/mol. The molecular weight excluding hydrogens is 218 g/mol. The zero-order chi connectivity index (χ0) is 12.4. The number of aryl methyl sites for hydroxylation is 1. The van der Waals surface area contributed by atoms with Crippen LogP contribution in [-0.2, 0) is 9.53 Å². The molecule has 1 aliphatic heterocycles. The lowest BCUT2D eigenvalue weighted by Crippen LogP contribution is -2.25. The average Bonchev–Trinajstić information content (AvgIpc) is 2.38. The number of nitrogens with one attached hydrogen (secondary N) is 1. The summed E-state index contributed by atoms with van der Waals surface area (Å²) in [4.78, 5) is 11.8. The molecule has 0 aromatic heterocycles. The Hall–Kier alpha value is -1.71. The predicted octanol–water partition coefficient (Wildman–Crippen LogP) is 2.08. The normalized spacial score (nSPS) is 17.9. The summed E-state index contributed by atoms with van der Waals surface area (Å²) in [7, 11) is 3.06. The number of carbonyl (C=O) groups excluding carboxylic acids is 1. The van der Waals surface area contributed by atoms with E-state index in [9.17, 15) is 4.79 Å². The van der Waals surface area contributed by atoms with Gasteiger partial charge in [0.2, 0.25) is 0 Å². The Kier molecular flexibility index (Phi) is 3.22. The molecule has 1 heterocycles. The van der Waals surface area contributed by atoms with Gasteiger partial charge in [0.05, 0.1) is 25.8 Å². The molecule has 0 bridgehead atoms. The number of benzene rings is 1. The molecule has 17 heavy (non-hydrogen) atoms. The van der Waals surface area contributed by atoms with Gasteiger partial charge in [0.25, 0.3) is 0 Å². The minimum atomic E-state index is -0.189. The molecule has 0 radical (unpaired) electrons. The molecule has 1 aliphatic rings. The summed E-state index contributed by atoms with van der Waals surface area (Å²) in [5, 5.41) is 3.30. The number of hydrogen-bond acceptors (Lipinski definition) is 4. The van der Waals surface area contributed by atoms with Crippen molar-refractivity contribution in [3.8, 4) is 5.75 Å². The first kappa shape index (κ1) is 11.8. The van der Waals surface area contributed by atoms with E-state index in [0.717, 1.165) is 35.5 Å². The van der Waals surface area contributed by atoms with E-state index in [2.05, 4.69) is 5.32 Å². The maximum absolute atomic E-state index is 11.8. The van der Waals surface area contributed by atoms with E-state index in [1.807, 2.05) is 19.1 Å². The molecule has 0 saturated carbocycles. The molecule has 92 valence electrons. The van der Waals surface area contributed by atoms with E-state index < -0.39 is 0 Å². The molecule has 1 aromatic rings. The van der Waals surface area contributed by atoms with E-state index in [1.165, 1.54) is 7.11 Å². The SMILES string of the molecule is COC(=O)C1CCNc2c(OC)ccc(C)c21. The van der Waals surface area contributed by atoms with Crippen LogP contribution >= 0.6 is 0 Å². The second-order valence-corrected chi connectivity index (χ2v) is 4.16. The fourth-order valence-electron chi connectivity index (χ4n) is 2.37. The number of carbonyl (C=O) groups is 1. The van der Waals surface area contributed by atoms with Crippen molar-refractivity contribution < 1.29 is 14.3 Å². The first-order chi connectivity index (χ1) is 8.19. The third kappa shape index (κ3) is 1.95. The molecule has 0 fully saturated rings. The van der Waals surface area contributed by atoms with Gasteiger partial charge < -0.3 is 14.8 Å². The van der Waals surface area contributed by atoms with Gasteiger partial charge >= 0.3 is 5.97 Å². The third-order valence-corrected chi connectivity index (χ3v) is 3.21. The monoisotopic (exact) mass is 235 g/mol. The molecule has 0 saturated heterocycles. The van der Waals surface area contributed by atoms with Gasteiger partial charge in [-0.2, -0.15) is 0 Å². The molecule has 0 amide bonds. The van der Waals surface area contributed by atoms with Crippen LogP contribution in [0.25, 0.3) is 0 Å². The third-order valence-electron chi connectivity index (χ3n) is 3.21. The number of ether oxygens (including phenoxy) is 2. The van der Waals surface area contributed by atoms with Gasteiger partial charge in [0, 0.05) is 6.54 Å². The van der Waals surface area contributed by atoms with Crippen LogP contribution in [-0.4, -0.2) is 26.7 Å². The number of hydrogen-bond donors (Lipinski definition) is 1. The summed E-state index contributed by atoms with van der Waals surface area (Å²) in [5.41, 5.74) is 3.01. The highest BCUT2D eigenvalue weighted by atomic mass is 16.5. The highest BCUT2D eigenvalue weighted by molar-refractivity contribution is 5.84. The molecule has 0 spiro atoms. The fourth-order valence-corrected chi connectivity index (χ4v) is 2.37. The summed E-state index contributed by atoms with van der Waals surface area (Å²) < 4.78 is 10.2. The molecule has 0 aliphatic carbocycles. The van der Waals surface area contributed by atoms with Crippen molar-refractivity contribution in [1.29, 1.82) is 0 Å². The zero-order valence-corrected chi connectivity index (χ0v) is 10.4. The van der Waals surface area contributed by atoms with E-state index in [-0.39, 0.29) is 11.9 Å². The van der Waals surface area contributed by atoms with E-state index in [0.29, 0.717) is 0 Å². The lowest BCUT2D eigenvalue weighted by molar-refractivity contribution is -0.142. The highest BCUT2D eigenvalue weighted by Gasteiger charge is 2.30. The zero-order valence-electron chi connectivity index (χ0n) is 10.4. The van der Waals surface area contributed by atoms with Gasteiger partial charge in [-0.25, -0.2) is 0 Å². The molecule has 1 aromatic carbocycles. The molecule has 1 N–H and O–H groups in total. The maximum Gasteiger partial charge on any atom is 0.313 e. The lowest BCUT2D eigenvalue weighted by atomic mass is 9.87. The number of esters is 1. The molecular formula is C13H17NO3. The summed E-state index contributed by atoms with van der Waals surface area (Å²) in [5.74, 6) is 0.412. The smallest absolute Gasteiger partial charge is 0.313 e.